The van der Waals surface area contributed by atoms with Gasteiger partial charge in [-0.1, -0.05) is 32.1 Å². The molecule has 1 N–H and O–H groups in total. The first-order chi connectivity index (χ1) is 12.7. The number of hydrogen-bond donors (Lipinski definition) is 1. The van der Waals surface area contributed by atoms with Gasteiger partial charge in [0.05, 0.1) is 5.60 Å². The molecule has 0 aliphatic heterocycles. The molecule has 5 rings (SSSR count). The first-order valence-corrected chi connectivity index (χ1v) is 10.3. The minimum absolute atomic E-state index is 0. The van der Waals surface area contributed by atoms with Crippen molar-refractivity contribution in [3.8, 4) is 0 Å². The molecule has 28 heavy (non-hydrogen) atoms. The summed E-state index contributed by atoms with van der Waals surface area (Å²) in [5, 5.41) is 22.7. The van der Waals surface area contributed by atoms with Gasteiger partial charge >= 0.3 is 51.4 Å². The Morgan fingerprint density at radius 2 is 2.04 bits per heavy atom. The summed E-state index contributed by atoms with van der Waals surface area (Å²) in [7, 11) is 0. The predicted molar refractivity (Wildman–Crippen MR) is 98.1 cm³/mol. The fourth-order valence-corrected chi connectivity index (χ4v) is 7.54. The molecule has 0 aromatic carbocycles. The van der Waals surface area contributed by atoms with Crippen molar-refractivity contribution in [3.63, 3.8) is 0 Å². The average molecular weight is 407 g/mol. The van der Waals surface area contributed by atoms with Crippen LogP contribution >= 0.6 is 0 Å². The SMILES string of the molecule is C[C@]12C=CC(=O)C=C1C=C[C@H]1[C@@H]3[C@H]4C[C@H]4[C@@](O)(CCC(=O)[O-])[C@@]3(C)CC[C@@H]12.[K+]. The Morgan fingerprint density at radius 1 is 1.29 bits per heavy atom. The molecule has 5 aliphatic carbocycles. The minimum atomic E-state index is -1.07. The topological polar surface area (TPSA) is 77.4 Å². The number of rotatable bonds is 3. The summed E-state index contributed by atoms with van der Waals surface area (Å²) >= 11 is 0. The molecule has 0 bridgehead atoms. The van der Waals surface area contributed by atoms with E-state index in [2.05, 4.69) is 32.1 Å². The number of aliphatic carboxylic acids is 1. The third-order valence-corrected chi connectivity index (χ3v) is 8.99. The largest absolute Gasteiger partial charge is 1.00 e. The van der Waals surface area contributed by atoms with Crippen LogP contribution < -0.4 is 56.5 Å². The summed E-state index contributed by atoms with van der Waals surface area (Å²) in [6.45, 7) is 4.43. The summed E-state index contributed by atoms with van der Waals surface area (Å²) < 4.78 is 0. The molecule has 4 nitrogen and oxygen atoms in total. The normalized spacial score (nSPS) is 49.9. The molecular weight excluding hydrogens is 379 g/mol. The van der Waals surface area contributed by atoms with E-state index in [0.29, 0.717) is 30.1 Å². The summed E-state index contributed by atoms with van der Waals surface area (Å²) in [5.74, 6) is 0.893. The Balaban J connectivity index is 0.00000192. The molecule has 3 saturated carbocycles. The molecule has 3 fully saturated rings. The summed E-state index contributed by atoms with van der Waals surface area (Å²) in [4.78, 5) is 22.9. The minimum Gasteiger partial charge on any atom is -0.550 e. The Kier molecular flexibility index (Phi) is 5.09. The molecule has 0 unspecified atom stereocenters. The van der Waals surface area contributed by atoms with Crippen LogP contribution in [0.4, 0.5) is 0 Å². The number of hydrogen-bond acceptors (Lipinski definition) is 4. The van der Waals surface area contributed by atoms with E-state index in [1.54, 1.807) is 12.2 Å². The van der Waals surface area contributed by atoms with Crippen molar-refractivity contribution < 1.29 is 71.2 Å². The van der Waals surface area contributed by atoms with Crippen molar-refractivity contribution in [3.05, 3.63) is 36.0 Å². The van der Waals surface area contributed by atoms with E-state index in [4.69, 9.17) is 0 Å². The van der Waals surface area contributed by atoms with E-state index in [-0.39, 0.29) is 80.3 Å². The van der Waals surface area contributed by atoms with Crippen LogP contribution in [0.1, 0.15) is 46.0 Å². The number of aliphatic hydroxyl groups is 1. The molecule has 0 aromatic heterocycles. The summed E-state index contributed by atoms with van der Waals surface area (Å²) in [5.41, 5.74) is -0.147. The number of carbonyl (C=O) groups excluding carboxylic acids is 2. The molecule has 0 radical (unpaired) electrons. The van der Waals surface area contributed by atoms with E-state index in [1.165, 1.54) is 0 Å². The first-order valence-electron chi connectivity index (χ1n) is 10.3. The van der Waals surface area contributed by atoms with Gasteiger partial charge in [0.1, 0.15) is 0 Å². The quantitative estimate of drug-likeness (QED) is 0.622. The van der Waals surface area contributed by atoms with Gasteiger partial charge in [-0.2, -0.15) is 0 Å². The van der Waals surface area contributed by atoms with Gasteiger partial charge in [0.15, 0.2) is 5.78 Å². The van der Waals surface area contributed by atoms with Gasteiger partial charge in [-0.15, -0.1) is 0 Å². The molecule has 144 valence electrons. The van der Waals surface area contributed by atoms with Gasteiger partial charge in [-0.05, 0) is 79.4 Å². The monoisotopic (exact) mass is 406 g/mol. The number of fused-ring (bicyclic) bond motifs is 7. The second-order valence-electron chi connectivity index (χ2n) is 9.95. The maximum atomic E-state index is 11.8. The van der Waals surface area contributed by atoms with Crippen molar-refractivity contribution in [2.45, 2.75) is 51.6 Å². The van der Waals surface area contributed by atoms with Crippen LogP contribution in [0, 0.1) is 40.4 Å². The van der Waals surface area contributed by atoms with Crippen LogP contribution in [0.2, 0.25) is 0 Å². The van der Waals surface area contributed by atoms with Gasteiger partial charge in [-0.3, -0.25) is 4.79 Å². The van der Waals surface area contributed by atoms with Crippen LogP contribution in [-0.4, -0.2) is 22.5 Å². The zero-order valence-corrected chi connectivity index (χ0v) is 20.1. The number of carbonyl (C=O) groups is 2. The fourth-order valence-electron chi connectivity index (χ4n) is 7.54. The number of carboxylic acid groups (broad SMARTS) is 1. The Hall–Kier alpha value is -0.0436. The summed E-state index contributed by atoms with van der Waals surface area (Å²) in [6.07, 6.45) is 13.1. The number of allylic oxidation sites excluding steroid dienone is 6. The third-order valence-electron chi connectivity index (χ3n) is 8.99. The zero-order chi connectivity index (χ0) is 19.2. The van der Waals surface area contributed by atoms with Crippen molar-refractivity contribution in [1.29, 1.82) is 0 Å². The van der Waals surface area contributed by atoms with E-state index < -0.39 is 11.6 Å². The second-order valence-corrected chi connectivity index (χ2v) is 9.95. The smallest absolute Gasteiger partial charge is 0.550 e. The molecule has 5 aliphatic rings. The van der Waals surface area contributed by atoms with Crippen LogP contribution in [0.25, 0.3) is 0 Å². The van der Waals surface area contributed by atoms with E-state index in [1.807, 2.05) is 0 Å². The predicted octanol–water partition coefficient (Wildman–Crippen LogP) is -0.809. The van der Waals surface area contributed by atoms with E-state index in [0.717, 1.165) is 24.8 Å². The van der Waals surface area contributed by atoms with Gasteiger partial charge in [0.25, 0.3) is 0 Å². The molecule has 5 heteroatoms. The average Bonchev–Trinajstić information content (AvgIpc) is 3.37. The molecule has 0 spiro atoms. The second kappa shape index (κ2) is 6.73. The van der Waals surface area contributed by atoms with Gasteiger partial charge in [0.2, 0.25) is 0 Å². The number of ketones is 1. The van der Waals surface area contributed by atoms with Gasteiger partial charge in [0, 0.05) is 16.8 Å². The van der Waals surface area contributed by atoms with Crippen LogP contribution in [0.5, 0.6) is 0 Å². The molecular formula is C23H27KO4. The van der Waals surface area contributed by atoms with Gasteiger partial charge < -0.3 is 15.0 Å². The van der Waals surface area contributed by atoms with Crippen LogP contribution in [0.15, 0.2) is 36.0 Å². The molecule has 0 saturated heterocycles. The van der Waals surface area contributed by atoms with Gasteiger partial charge in [-0.25, -0.2) is 0 Å². The molecule has 0 heterocycles. The fraction of sp³-hybridized carbons (Fsp3) is 0.652. The zero-order valence-electron chi connectivity index (χ0n) is 17.0. The summed E-state index contributed by atoms with van der Waals surface area (Å²) in [6, 6.07) is 0. The van der Waals surface area contributed by atoms with E-state index >= 15 is 0 Å². The third kappa shape index (κ3) is 2.66. The van der Waals surface area contributed by atoms with Crippen molar-refractivity contribution >= 4 is 11.8 Å². The molecule has 0 amide bonds. The van der Waals surface area contributed by atoms with Crippen LogP contribution in [-0.2, 0) is 9.59 Å². The van der Waals surface area contributed by atoms with Crippen molar-refractivity contribution in [2.24, 2.45) is 40.4 Å². The number of carboxylic acids is 1. The van der Waals surface area contributed by atoms with Crippen molar-refractivity contribution in [2.75, 3.05) is 0 Å². The Labute approximate surface area is 209 Å². The maximum absolute atomic E-state index is 11.8. The Bertz CT molecular complexity index is 828. The van der Waals surface area contributed by atoms with E-state index in [9.17, 15) is 19.8 Å². The van der Waals surface area contributed by atoms with Crippen LogP contribution in [0.3, 0.4) is 0 Å². The molecule has 8 atom stereocenters. The maximum Gasteiger partial charge on any atom is 1.00 e. The molecule has 0 aromatic rings. The standard InChI is InChI=1S/C23H28O4.K/c1-21-8-5-14(24)11-13(21)3-4-15-17(21)6-9-22(2)20(15)16-12-18(16)23(22,27)10-7-19(25)26;/h3-5,8,11,15-18,20,27H,6-7,9-10,12H2,1-2H3,(H,25,26);/q;+1/p-1/t15-,16+,17+,18-,20-,21+,22+,23+;/m1./s1. The Morgan fingerprint density at radius 3 is 2.75 bits per heavy atom. The first kappa shape index (κ1) is 21.2. The van der Waals surface area contributed by atoms with Crippen molar-refractivity contribution in [1.82, 2.24) is 0 Å².